The molecule has 30 heavy (non-hydrogen) atoms. The van der Waals surface area contributed by atoms with Gasteiger partial charge in [-0.25, -0.2) is 0 Å². The number of halogens is 1. The second kappa shape index (κ2) is 8.20. The predicted octanol–water partition coefficient (Wildman–Crippen LogP) is 1.99. The molecule has 4 heterocycles. The number of nitrogens with zero attached hydrogens (tertiary/aromatic N) is 6. The van der Waals surface area contributed by atoms with Crippen LogP contribution in [0.2, 0.25) is 0 Å². The molecule has 1 amide bonds. The fraction of sp³-hybridized carbons (Fsp3) is 0.429. The summed E-state index contributed by atoms with van der Waals surface area (Å²) in [7, 11) is 2.19. The van der Waals surface area contributed by atoms with Gasteiger partial charge in [0.2, 0.25) is 5.88 Å². The van der Waals surface area contributed by atoms with Crippen LogP contribution in [0.15, 0.2) is 42.7 Å². The fourth-order valence-electron chi connectivity index (χ4n) is 4.86. The molecular formula is C21H25ClN6O2. The van der Waals surface area contributed by atoms with Crippen LogP contribution in [0.5, 0.6) is 5.88 Å². The van der Waals surface area contributed by atoms with Crippen molar-refractivity contribution >= 4 is 24.0 Å². The zero-order valence-electron chi connectivity index (χ0n) is 17.0. The van der Waals surface area contributed by atoms with E-state index in [9.17, 15) is 4.79 Å². The highest BCUT2D eigenvalue weighted by molar-refractivity contribution is 5.85. The first kappa shape index (κ1) is 20.6. The van der Waals surface area contributed by atoms with Gasteiger partial charge in [-0.2, -0.15) is 4.52 Å². The number of hydrogen-bond acceptors (Lipinski definition) is 6. The van der Waals surface area contributed by atoms with Crippen LogP contribution < -0.4 is 4.74 Å². The van der Waals surface area contributed by atoms with Crippen molar-refractivity contribution in [2.75, 3.05) is 33.3 Å². The lowest BCUT2D eigenvalue weighted by atomic mass is 9.88. The molecule has 2 aromatic heterocycles. The Kier molecular flexibility index (Phi) is 5.62. The molecule has 2 saturated heterocycles. The lowest BCUT2D eigenvalue weighted by Gasteiger charge is -2.28. The van der Waals surface area contributed by atoms with E-state index in [-0.39, 0.29) is 24.9 Å². The third kappa shape index (κ3) is 3.61. The smallest absolute Gasteiger partial charge is 0.260 e. The first-order valence-electron chi connectivity index (χ1n) is 9.93. The van der Waals surface area contributed by atoms with Crippen molar-refractivity contribution in [2.45, 2.75) is 13.0 Å². The topological polar surface area (TPSA) is 75.9 Å². The second-order valence-corrected chi connectivity index (χ2v) is 8.06. The van der Waals surface area contributed by atoms with Gasteiger partial charge < -0.3 is 9.64 Å². The van der Waals surface area contributed by atoms with Gasteiger partial charge in [0.25, 0.3) is 5.91 Å². The van der Waals surface area contributed by atoms with Crippen molar-refractivity contribution in [2.24, 2.45) is 11.8 Å². The van der Waals surface area contributed by atoms with Gasteiger partial charge in [-0.15, -0.1) is 27.7 Å². The van der Waals surface area contributed by atoms with Gasteiger partial charge in [-0.3, -0.25) is 9.69 Å². The van der Waals surface area contributed by atoms with E-state index in [2.05, 4.69) is 58.4 Å². The van der Waals surface area contributed by atoms with E-state index in [0.29, 0.717) is 29.4 Å². The highest BCUT2D eigenvalue weighted by Gasteiger charge is 2.47. The van der Waals surface area contributed by atoms with Crippen molar-refractivity contribution < 1.29 is 9.53 Å². The van der Waals surface area contributed by atoms with E-state index in [4.69, 9.17) is 4.74 Å². The molecule has 0 aliphatic carbocycles. The number of carbonyl (C=O) groups excluding carboxylic acids is 1. The van der Waals surface area contributed by atoms with Gasteiger partial charge in [0, 0.05) is 37.7 Å². The Labute approximate surface area is 181 Å². The van der Waals surface area contributed by atoms with Crippen molar-refractivity contribution in [3.8, 4) is 5.88 Å². The van der Waals surface area contributed by atoms with Crippen molar-refractivity contribution in [1.82, 2.24) is 29.6 Å². The molecule has 2 aliphatic rings. The number of carbonyl (C=O) groups is 1. The van der Waals surface area contributed by atoms with Crippen LogP contribution >= 0.6 is 12.4 Å². The van der Waals surface area contributed by atoms with Crippen LogP contribution in [-0.4, -0.2) is 68.8 Å². The van der Waals surface area contributed by atoms with E-state index in [1.165, 1.54) is 22.0 Å². The highest BCUT2D eigenvalue weighted by atomic mass is 35.5. The summed E-state index contributed by atoms with van der Waals surface area (Å²) in [5.74, 6) is 1.36. The van der Waals surface area contributed by atoms with E-state index in [1.807, 2.05) is 4.90 Å². The molecule has 0 bridgehead atoms. The molecule has 9 heteroatoms. The van der Waals surface area contributed by atoms with Gasteiger partial charge in [0.15, 0.2) is 12.3 Å². The predicted molar refractivity (Wildman–Crippen MR) is 114 cm³/mol. The van der Waals surface area contributed by atoms with Gasteiger partial charge in [0.1, 0.15) is 6.33 Å². The quantitative estimate of drug-likeness (QED) is 0.632. The number of benzene rings is 1. The number of amides is 1. The zero-order valence-corrected chi connectivity index (χ0v) is 17.8. The summed E-state index contributed by atoms with van der Waals surface area (Å²) in [5.41, 5.74) is 3.33. The molecule has 0 unspecified atom stereocenters. The first-order chi connectivity index (χ1) is 14.1. The van der Waals surface area contributed by atoms with Crippen LogP contribution in [0.25, 0.3) is 5.65 Å². The molecule has 0 saturated carbocycles. The number of likely N-dealkylation sites (tertiary alicyclic amines) is 2. The molecule has 158 valence electrons. The summed E-state index contributed by atoms with van der Waals surface area (Å²) < 4.78 is 7.17. The second-order valence-electron chi connectivity index (χ2n) is 8.06. The standard InChI is InChI=1S/C21H24N6O2.ClH/c1-14-5-3-4-6-16(14)21-17-11-26(10-15(17)9-25(21)2)20(28)12-29-19-8-7-18-23-22-13-27(18)24-19;/h3-8,13,15,17,21H,9-12H2,1-2H3;1H/t15-,17+,21-;/m0./s1. The Balaban J connectivity index is 0.00000218. The van der Waals surface area contributed by atoms with Gasteiger partial charge in [-0.05, 0) is 37.1 Å². The van der Waals surface area contributed by atoms with Crippen molar-refractivity contribution in [1.29, 1.82) is 0 Å². The van der Waals surface area contributed by atoms with Crippen LogP contribution in [0.1, 0.15) is 17.2 Å². The summed E-state index contributed by atoms with van der Waals surface area (Å²) in [6, 6.07) is 12.4. The number of hydrogen-bond donors (Lipinski definition) is 0. The number of fused-ring (bicyclic) bond motifs is 2. The Morgan fingerprint density at radius 1 is 1.17 bits per heavy atom. The molecule has 5 rings (SSSR count). The van der Waals surface area contributed by atoms with Gasteiger partial charge in [-0.1, -0.05) is 24.3 Å². The molecule has 2 aliphatic heterocycles. The molecule has 8 nitrogen and oxygen atoms in total. The Morgan fingerprint density at radius 3 is 2.83 bits per heavy atom. The van der Waals surface area contributed by atoms with E-state index < -0.39 is 0 Å². The summed E-state index contributed by atoms with van der Waals surface area (Å²) in [5, 5.41) is 12.0. The summed E-state index contributed by atoms with van der Waals surface area (Å²) in [6.45, 7) is 4.73. The summed E-state index contributed by atoms with van der Waals surface area (Å²) in [6.07, 6.45) is 1.51. The number of aryl methyl sites for hydroxylation is 1. The lowest BCUT2D eigenvalue weighted by molar-refractivity contribution is -0.132. The Bertz CT molecular complexity index is 1060. The lowest BCUT2D eigenvalue weighted by Crippen LogP contribution is -2.36. The average molecular weight is 429 g/mol. The minimum atomic E-state index is -0.00899. The fourth-order valence-corrected chi connectivity index (χ4v) is 4.86. The first-order valence-corrected chi connectivity index (χ1v) is 9.93. The van der Waals surface area contributed by atoms with E-state index >= 15 is 0 Å². The van der Waals surface area contributed by atoms with Crippen molar-refractivity contribution in [3.63, 3.8) is 0 Å². The molecular weight excluding hydrogens is 404 g/mol. The maximum absolute atomic E-state index is 12.8. The van der Waals surface area contributed by atoms with Gasteiger partial charge >= 0.3 is 0 Å². The monoisotopic (exact) mass is 428 g/mol. The highest BCUT2D eigenvalue weighted by Crippen LogP contribution is 2.44. The molecule has 0 spiro atoms. The zero-order chi connectivity index (χ0) is 20.0. The van der Waals surface area contributed by atoms with Crippen LogP contribution in [0.4, 0.5) is 0 Å². The average Bonchev–Trinajstić information content (AvgIpc) is 3.40. The van der Waals surface area contributed by atoms with E-state index in [1.54, 1.807) is 12.1 Å². The van der Waals surface area contributed by atoms with Crippen LogP contribution in [-0.2, 0) is 4.79 Å². The van der Waals surface area contributed by atoms with Crippen molar-refractivity contribution in [3.05, 3.63) is 53.9 Å². The largest absolute Gasteiger partial charge is 0.467 e. The number of rotatable bonds is 4. The minimum absolute atomic E-state index is 0. The summed E-state index contributed by atoms with van der Waals surface area (Å²) >= 11 is 0. The van der Waals surface area contributed by atoms with Crippen LogP contribution in [0.3, 0.4) is 0 Å². The number of ether oxygens (including phenoxy) is 1. The molecule has 3 atom stereocenters. The normalized spacial score (nSPS) is 23.4. The minimum Gasteiger partial charge on any atom is -0.467 e. The van der Waals surface area contributed by atoms with Gasteiger partial charge in [0.05, 0.1) is 0 Å². The maximum Gasteiger partial charge on any atom is 0.260 e. The SMILES string of the molecule is Cc1ccccc1[C@H]1[C@@H]2CN(C(=O)COc3ccc4nncn4n3)C[C@@H]2CN1C.Cl. The Hall–Kier alpha value is -2.71. The number of aromatic nitrogens is 4. The third-order valence-electron chi connectivity index (χ3n) is 6.24. The van der Waals surface area contributed by atoms with E-state index in [0.717, 1.165) is 19.6 Å². The molecule has 3 aromatic rings. The molecule has 1 aromatic carbocycles. The third-order valence-corrected chi connectivity index (χ3v) is 6.24. The summed E-state index contributed by atoms with van der Waals surface area (Å²) in [4.78, 5) is 17.2. The maximum atomic E-state index is 12.8. The molecule has 2 fully saturated rings. The van der Waals surface area contributed by atoms with Crippen LogP contribution in [0, 0.1) is 18.8 Å². The Morgan fingerprint density at radius 2 is 2.00 bits per heavy atom. The molecule has 0 radical (unpaired) electrons. The molecule has 0 N–H and O–H groups in total.